The average molecular weight is 380 g/mol. The fraction of sp³-hybridized carbons (Fsp3) is 0.667. The first-order chi connectivity index (χ1) is 13.7. The van der Waals surface area contributed by atoms with Crippen LogP contribution in [0.15, 0.2) is 18.3 Å². The Morgan fingerprint density at radius 1 is 1.11 bits per heavy atom. The molecule has 0 radical (unpaired) electrons. The van der Waals surface area contributed by atoms with Gasteiger partial charge in [-0.25, -0.2) is 4.98 Å². The van der Waals surface area contributed by atoms with E-state index in [1.54, 1.807) is 0 Å². The molecular weight excluding hydrogens is 350 g/mol. The third kappa shape index (κ3) is 2.55. The summed E-state index contributed by atoms with van der Waals surface area (Å²) in [4.78, 5) is 12.0. The highest BCUT2D eigenvalue weighted by molar-refractivity contribution is 5.54. The highest BCUT2D eigenvalue weighted by Gasteiger charge is 2.62. The molecule has 0 atom stereocenters. The number of nitrogens with one attached hydrogen (secondary N) is 3. The predicted molar refractivity (Wildman–Crippen MR) is 109 cm³/mol. The highest BCUT2D eigenvalue weighted by Crippen LogP contribution is 2.60. The van der Waals surface area contributed by atoms with Crippen LogP contribution in [0.2, 0.25) is 0 Å². The molecule has 0 amide bonds. The van der Waals surface area contributed by atoms with E-state index in [1.807, 2.05) is 12.3 Å². The molecule has 28 heavy (non-hydrogen) atoms. The Kier molecular flexibility index (Phi) is 3.55. The zero-order valence-corrected chi connectivity index (χ0v) is 16.5. The lowest BCUT2D eigenvalue weighted by Crippen LogP contribution is -2.62. The van der Waals surface area contributed by atoms with Crippen LogP contribution in [0.4, 0.5) is 17.6 Å². The molecule has 2 aromatic heterocycles. The number of hydrogen-bond donors (Lipinski definition) is 3. The standard InChI is InChI=1S/C21H29N7/c1-22-21(9-10-21)20-7-4-15(5-8-20)28(13-20)19-23-11-6-17(25-19)24-18-12-16(26-27-18)14-2-3-14/h6,11-12,14-15,22H,2-5,7-10,13H2,1H3,(H2,23,24,25,26,27). The van der Waals surface area contributed by atoms with Crippen molar-refractivity contribution in [3.8, 4) is 0 Å². The molecule has 2 saturated heterocycles. The van der Waals surface area contributed by atoms with Gasteiger partial charge in [0.15, 0.2) is 5.82 Å². The van der Waals surface area contributed by atoms with Crippen molar-refractivity contribution in [2.45, 2.75) is 68.9 Å². The quantitative estimate of drug-likeness (QED) is 0.714. The fourth-order valence-electron chi connectivity index (χ4n) is 5.81. The highest BCUT2D eigenvalue weighted by atomic mass is 15.3. The lowest BCUT2D eigenvalue weighted by atomic mass is 9.62. The minimum absolute atomic E-state index is 0.348. The van der Waals surface area contributed by atoms with E-state index in [0.717, 1.165) is 24.1 Å². The van der Waals surface area contributed by atoms with E-state index < -0.39 is 0 Å². The Morgan fingerprint density at radius 2 is 1.93 bits per heavy atom. The summed E-state index contributed by atoms with van der Waals surface area (Å²) in [6.45, 7) is 1.08. The van der Waals surface area contributed by atoms with Crippen LogP contribution in [0.3, 0.4) is 0 Å². The number of piperidine rings is 2. The van der Waals surface area contributed by atoms with Gasteiger partial charge in [-0.1, -0.05) is 0 Å². The number of hydrogen-bond acceptors (Lipinski definition) is 6. The smallest absolute Gasteiger partial charge is 0.227 e. The molecular formula is C21H29N7. The second-order valence-electron chi connectivity index (χ2n) is 9.32. The van der Waals surface area contributed by atoms with E-state index in [2.05, 4.69) is 43.8 Å². The molecule has 3 N–H and O–H groups in total. The van der Waals surface area contributed by atoms with E-state index in [0.29, 0.717) is 22.9 Å². The number of aromatic nitrogens is 4. The van der Waals surface area contributed by atoms with Crippen LogP contribution in [0, 0.1) is 5.41 Å². The van der Waals surface area contributed by atoms with E-state index >= 15 is 0 Å². The number of nitrogens with zero attached hydrogens (tertiary/aromatic N) is 4. The second-order valence-corrected chi connectivity index (χ2v) is 9.32. The first-order valence-electron chi connectivity index (χ1n) is 10.8. The summed E-state index contributed by atoms with van der Waals surface area (Å²) in [5.41, 5.74) is 1.96. The lowest BCUT2D eigenvalue weighted by molar-refractivity contribution is 0.0654. The normalized spacial score (nSPS) is 30.5. The molecule has 0 unspecified atom stereocenters. The van der Waals surface area contributed by atoms with Gasteiger partial charge in [-0.05, 0) is 64.5 Å². The molecule has 3 saturated carbocycles. The van der Waals surface area contributed by atoms with Gasteiger partial charge in [-0.2, -0.15) is 10.1 Å². The summed E-state index contributed by atoms with van der Waals surface area (Å²) in [5.74, 6) is 3.20. The Hall–Kier alpha value is -2.15. The number of fused-ring (bicyclic) bond motifs is 3. The summed E-state index contributed by atoms with van der Waals surface area (Å²) in [7, 11) is 2.15. The summed E-state index contributed by atoms with van der Waals surface area (Å²) < 4.78 is 0. The van der Waals surface area contributed by atoms with Crippen LogP contribution < -0.4 is 15.5 Å². The van der Waals surface area contributed by atoms with E-state index in [9.17, 15) is 0 Å². The van der Waals surface area contributed by atoms with Crippen LogP contribution in [0.5, 0.6) is 0 Å². The molecule has 7 nitrogen and oxygen atoms in total. The molecule has 3 aliphatic carbocycles. The first kappa shape index (κ1) is 16.8. The minimum Gasteiger partial charge on any atom is -0.337 e. The van der Waals surface area contributed by atoms with Gasteiger partial charge in [0.2, 0.25) is 5.95 Å². The van der Waals surface area contributed by atoms with Gasteiger partial charge in [0.25, 0.3) is 0 Å². The molecule has 0 spiro atoms. The third-order valence-corrected chi connectivity index (χ3v) is 7.84. The van der Waals surface area contributed by atoms with Crippen molar-refractivity contribution >= 4 is 17.6 Å². The van der Waals surface area contributed by atoms with Crippen molar-refractivity contribution < 1.29 is 0 Å². The Morgan fingerprint density at radius 3 is 2.64 bits per heavy atom. The molecule has 4 heterocycles. The maximum Gasteiger partial charge on any atom is 0.227 e. The average Bonchev–Trinajstić information content (AvgIpc) is 3.68. The van der Waals surface area contributed by atoms with Crippen molar-refractivity contribution in [2.75, 3.05) is 23.8 Å². The molecule has 2 aromatic rings. The summed E-state index contributed by atoms with van der Waals surface area (Å²) in [6.07, 6.45) is 12.2. The molecule has 0 aromatic carbocycles. The molecule has 2 bridgehead atoms. The lowest BCUT2D eigenvalue weighted by Gasteiger charge is -2.56. The van der Waals surface area contributed by atoms with Gasteiger partial charge in [-0.3, -0.25) is 5.10 Å². The first-order valence-corrected chi connectivity index (χ1v) is 10.8. The van der Waals surface area contributed by atoms with Crippen molar-refractivity contribution in [1.29, 1.82) is 0 Å². The SMILES string of the molecule is CNC1(C23CCC(CC2)N(c2nccc(Nc4cc(C5CC5)[nH]n4)n2)C3)CC1. The number of anilines is 3. The molecule has 2 aliphatic heterocycles. The molecule has 5 fully saturated rings. The van der Waals surface area contributed by atoms with Gasteiger partial charge in [-0.15, -0.1) is 0 Å². The number of aromatic amines is 1. The monoisotopic (exact) mass is 379 g/mol. The van der Waals surface area contributed by atoms with Crippen molar-refractivity contribution in [3.63, 3.8) is 0 Å². The maximum absolute atomic E-state index is 4.87. The van der Waals surface area contributed by atoms with Crippen molar-refractivity contribution in [2.24, 2.45) is 5.41 Å². The molecule has 7 heteroatoms. The van der Waals surface area contributed by atoms with Gasteiger partial charge in [0.05, 0.1) is 0 Å². The van der Waals surface area contributed by atoms with Crippen LogP contribution in [-0.4, -0.2) is 45.3 Å². The zero-order valence-electron chi connectivity index (χ0n) is 16.5. The number of rotatable bonds is 6. The Bertz CT molecular complexity index is 874. The minimum atomic E-state index is 0.348. The van der Waals surface area contributed by atoms with Gasteiger partial charge in [0.1, 0.15) is 5.82 Å². The third-order valence-electron chi connectivity index (χ3n) is 7.84. The maximum atomic E-state index is 4.87. The molecule has 148 valence electrons. The van der Waals surface area contributed by atoms with Gasteiger partial charge >= 0.3 is 0 Å². The Labute approximate surface area is 165 Å². The summed E-state index contributed by atoms with van der Waals surface area (Å²) in [5, 5.41) is 14.6. The van der Waals surface area contributed by atoms with Crippen LogP contribution in [-0.2, 0) is 0 Å². The van der Waals surface area contributed by atoms with Gasteiger partial charge in [0, 0.05) is 47.4 Å². The summed E-state index contributed by atoms with van der Waals surface area (Å²) in [6, 6.07) is 4.63. The van der Waals surface area contributed by atoms with Crippen molar-refractivity contribution in [1.82, 2.24) is 25.5 Å². The van der Waals surface area contributed by atoms with Crippen molar-refractivity contribution in [3.05, 3.63) is 24.0 Å². The van der Waals surface area contributed by atoms with Gasteiger partial charge < -0.3 is 15.5 Å². The van der Waals surface area contributed by atoms with E-state index in [-0.39, 0.29) is 0 Å². The molecule has 5 aliphatic rings. The van der Waals surface area contributed by atoms with Crippen LogP contribution >= 0.6 is 0 Å². The van der Waals surface area contributed by atoms with E-state index in [4.69, 9.17) is 4.98 Å². The topological polar surface area (TPSA) is 81.8 Å². The largest absolute Gasteiger partial charge is 0.337 e. The number of H-pyrrole nitrogens is 1. The molecule has 7 rings (SSSR count). The predicted octanol–water partition coefficient (Wildman–Crippen LogP) is 3.32. The van der Waals surface area contributed by atoms with Crippen LogP contribution in [0.1, 0.15) is 63.0 Å². The van der Waals surface area contributed by atoms with Crippen LogP contribution in [0.25, 0.3) is 0 Å². The van der Waals surface area contributed by atoms with E-state index in [1.165, 1.54) is 57.1 Å². The summed E-state index contributed by atoms with van der Waals surface area (Å²) >= 11 is 0. The second kappa shape index (κ2) is 5.92. The zero-order chi connectivity index (χ0) is 18.8. The fourth-order valence-corrected chi connectivity index (χ4v) is 5.81. The Balaban J connectivity index is 1.24.